The van der Waals surface area contributed by atoms with E-state index in [9.17, 15) is 0 Å². The molecule has 3 atom stereocenters. The molecule has 124 valence electrons. The van der Waals surface area contributed by atoms with Gasteiger partial charge in [0.1, 0.15) is 0 Å². The van der Waals surface area contributed by atoms with Crippen molar-refractivity contribution in [1.82, 2.24) is 10.2 Å². The summed E-state index contributed by atoms with van der Waals surface area (Å²) in [6.07, 6.45) is 9.98. The Morgan fingerprint density at radius 2 is 1.76 bits per heavy atom. The third-order valence-electron chi connectivity index (χ3n) is 5.61. The SMILES string of the molecule is CCCC(C)(CNC(C)(C)C)CN1CCC2CCCCC21. The summed E-state index contributed by atoms with van der Waals surface area (Å²) in [6, 6.07) is 0.907. The quantitative estimate of drug-likeness (QED) is 0.779. The predicted octanol–water partition coefficient (Wildman–Crippen LogP) is 4.45. The normalized spacial score (nSPS) is 30.1. The summed E-state index contributed by atoms with van der Waals surface area (Å²) >= 11 is 0. The molecule has 2 nitrogen and oxygen atoms in total. The standard InChI is InChI=1S/C19H38N2/c1-6-12-19(5,14-20-18(2,3)4)15-21-13-11-16-9-7-8-10-17(16)21/h16-17,20H,6-15H2,1-5H3. The highest BCUT2D eigenvalue weighted by molar-refractivity contribution is 4.93. The summed E-state index contributed by atoms with van der Waals surface area (Å²) in [5.74, 6) is 1.01. The minimum Gasteiger partial charge on any atom is -0.311 e. The largest absolute Gasteiger partial charge is 0.311 e. The van der Waals surface area contributed by atoms with E-state index in [2.05, 4.69) is 44.8 Å². The molecule has 0 aromatic carbocycles. The Kier molecular flexibility index (Phi) is 5.76. The van der Waals surface area contributed by atoms with Crippen molar-refractivity contribution < 1.29 is 0 Å². The van der Waals surface area contributed by atoms with Gasteiger partial charge in [-0.05, 0) is 64.3 Å². The van der Waals surface area contributed by atoms with Gasteiger partial charge in [-0.2, -0.15) is 0 Å². The number of likely N-dealkylation sites (tertiary alicyclic amines) is 1. The number of rotatable bonds is 6. The minimum atomic E-state index is 0.230. The Morgan fingerprint density at radius 1 is 1.05 bits per heavy atom. The maximum absolute atomic E-state index is 3.77. The van der Waals surface area contributed by atoms with Crippen molar-refractivity contribution in [2.45, 2.75) is 91.1 Å². The molecular formula is C19H38N2. The summed E-state index contributed by atoms with van der Waals surface area (Å²) in [6.45, 7) is 15.5. The molecule has 0 aromatic rings. The van der Waals surface area contributed by atoms with Gasteiger partial charge >= 0.3 is 0 Å². The molecule has 1 heterocycles. The highest BCUT2D eigenvalue weighted by atomic mass is 15.2. The summed E-state index contributed by atoms with van der Waals surface area (Å²) in [5, 5.41) is 3.77. The molecule has 2 aliphatic rings. The molecular weight excluding hydrogens is 256 g/mol. The van der Waals surface area contributed by atoms with Gasteiger partial charge in [-0.1, -0.05) is 33.1 Å². The Labute approximate surface area is 133 Å². The first kappa shape index (κ1) is 17.3. The molecule has 2 rings (SSSR count). The van der Waals surface area contributed by atoms with Gasteiger partial charge in [-0.25, -0.2) is 0 Å². The van der Waals surface area contributed by atoms with Crippen LogP contribution in [0.15, 0.2) is 0 Å². The van der Waals surface area contributed by atoms with E-state index in [-0.39, 0.29) is 5.54 Å². The Morgan fingerprint density at radius 3 is 2.43 bits per heavy atom. The van der Waals surface area contributed by atoms with Gasteiger partial charge in [0.2, 0.25) is 0 Å². The van der Waals surface area contributed by atoms with E-state index in [0.29, 0.717) is 5.41 Å². The van der Waals surface area contributed by atoms with Gasteiger partial charge in [0.05, 0.1) is 0 Å². The van der Waals surface area contributed by atoms with Gasteiger partial charge in [0, 0.05) is 24.7 Å². The molecule has 0 aromatic heterocycles. The van der Waals surface area contributed by atoms with Crippen molar-refractivity contribution in [3.05, 3.63) is 0 Å². The van der Waals surface area contributed by atoms with Crippen molar-refractivity contribution >= 4 is 0 Å². The molecule has 2 fully saturated rings. The van der Waals surface area contributed by atoms with Crippen molar-refractivity contribution in [2.24, 2.45) is 11.3 Å². The van der Waals surface area contributed by atoms with Crippen LogP contribution < -0.4 is 5.32 Å². The lowest BCUT2D eigenvalue weighted by molar-refractivity contribution is 0.106. The van der Waals surface area contributed by atoms with E-state index in [0.717, 1.165) is 18.5 Å². The first-order valence-corrected chi connectivity index (χ1v) is 9.32. The lowest BCUT2D eigenvalue weighted by Gasteiger charge is -2.40. The molecule has 0 spiro atoms. The molecule has 21 heavy (non-hydrogen) atoms. The highest BCUT2D eigenvalue weighted by Crippen LogP contribution is 2.38. The molecule has 3 unspecified atom stereocenters. The van der Waals surface area contributed by atoms with Crippen LogP contribution in [-0.4, -0.2) is 36.1 Å². The zero-order valence-electron chi connectivity index (χ0n) is 15.2. The third-order valence-corrected chi connectivity index (χ3v) is 5.61. The summed E-state index contributed by atoms with van der Waals surface area (Å²) in [7, 11) is 0. The van der Waals surface area contributed by atoms with E-state index in [1.165, 1.54) is 58.0 Å². The molecule has 1 N–H and O–H groups in total. The maximum Gasteiger partial charge on any atom is 0.0124 e. The van der Waals surface area contributed by atoms with Gasteiger partial charge in [-0.15, -0.1) is 0 Å². The summed E-state index contributed by atoms with van der Waals surface area (Å²) in [5.41, 5.74) is 0.655. The summed E-state index contributed by atoms with van der Waals surface area (Å²) in [4.78, 5) is 2.85. The highest BCUT2D eigenvalue weighted by Gasteiger charge is 2.38. The fourth-order valence-corrected chi connectivity index (χ4v) is 4.50. The molecule has 0 amide bonds. The molecule has 1 saturated heterocycles. The van der Waals surface area contributed by atoms with E-state index in [4.69, 9.17) is 0 Å². The van der Waals surface area contributed by atoms with Gasteiger partial charge in [0.15, 0.2) is 0 Å². The molecule has 1 saturated carbocycles. The monoisotopic (exact) mass is 294 g/mol. The average molecular weight is 295 g/mol. The van der Waals surface area contributed by atoms with Crippen molar-refractivity contribution in [2.75, 3.05) is 19.6 Å². The van der Waals surface area contributed by atoms with E-state index in [1.807, 2.05) is 0 Å². The van der Waals surface area contributed by atoms with Crippen LogP contribution in [0.5, 0.6) is 0 Å². The van der Waals surface area contributed by atoms with Gasteiger partial charge < -0.3 is 5.32 Å². The first-order chi connectivity index (χ1) is 9.83. The Bertz CT molecular complexity index is 320. The van der Waals surface area contributed by atoms with Crippen LogP contribution in [0.2, 0.25) is 0 Å². The van der Waals surface area contributed by atoms with Crippen LogP contribution in [0, 0.1) is 11.3 Å². The van der Waals surface area contributed by atoms with Crippen LogP contribution in [0.4, 0.5) is 0 Å². The maximum atomic E-state index is 3.77. The molecule has 0 radical (unpaired) electrons. The molecule has 2 heteroatoms. The van der Waals surface area contributed by atoms with Crippen molar-refractivity contribution in [3.63, 3.8) is 0 Å². The predicted molar refractivity (Wildman–Crippen MR) is 92.7 cm³/mol. The van der Waals surface area contributed by atoms with Crippen LogP contribution in [0.3, 0.4) is 0 Å². The number of hydrogen-bond acceptors (Lipinski definition) is 2. The van der Waals surface area contributed by atoms with Crippen molar-refractivity contribution in [1.29, 1.82) is 0 Å². The molecule has 1 aliphatic carbocycles. The topological polar surface area (TPSA) is 15.3 Å². The zero-order chi connectivity index (χ0) is 15.5. The lowest BCUT2D eigenvalue weighted by Crippen LogP contribution is -2.49. The Balaban J connectivity index is 1.95. The van der Waals surface area contributed by atoms with Crippen LogP contribution in [0.25, 0.3) is 0 Å². The second-order valence-electron chi connectivity index (χ2n) is 9.04. The third kappa shape index (κ3) is 4.96. The minimum absolute atomic E-state index is 0.230. The average Bonchev–Trinajstić information content (AvgIpc) is 2.80. The Hall–Kier alpha value is -0.0800. The van der Waals surface area contributed by atoms with E-state index < -0.39 is 0 Å². The second kappa shape index (κ2) is 7.00. The van der Waals surface area contributed by atoms with Crippen LogP contribution in [-0.2, 0) is 0 Å². The number of fused-ring (bicyclic) bond motifs is 1. The lowest BCUT2D eigenvalue weighted by atomic mass is 9.82. The van der Waals surface area contributed by atoms with E-state index >= 15 is 0 Å². The fraction of sp³-hybridized carbons (Fsp3) is 1.00. The number of hydrogen-bond donors (Lipinski definition) is 1. The van der Waals surface area contributed by atoms with E-state index in [1.54, 1.807) is 0 Å². The number of nitrogens with one attached hydrogen (secondary N) is 1. The molecule has 1 aliphatic heterocycles. The molecule has 0 bridgehead atoms. The zero-order valence-corrected chi connectivity index (χ0v) is 15.2. The first-order valence-electron chi connectivity index (χ1n) is 9.32. The van der Waals surface area contributed by atoms with Crippen molar-refractivity contribution in [3.8, 4) is 0 Å². The summed E-state index contributed by atoms with van der Waals surface area (Å²) < 4.78 is 0. The van der Waals surface area contributed by atoms with Crippen LogP contribution >= 0.6 is 0 Å². The second-order valence-corrected chi connectivity index (χ2v) is 9.04. The smallest absolute Gasteiger partial charge is 0.0124 e. The van der Waals surface area contributed by atoms with Crippen LogP contribution in [0.1, 0.15) is 79.6 Å². The number of nitrogens with zero attached hydrogens (tertiary/aromatic N) is 1. The van der Waals surface area contributed by atoms with Gasteiger partial charge in [0.25, 0.3) is 0 Å². The fourth-order valence-electron chi connectivity index (χ4n) is 4.50. The van der Waals surface area contributed by atoms with Gasteiger partial charge in [-0.3, -0.25) is 4.90 Å².